The van der Waals surface area contributed by atoms with Crippen LogP contribution in [0, 0.1) is 0 Å². The zero-order valence-corrected chi connectivity index (χ0v) is 47.1. The van der Waals surface area contributed by atoms with E-state index >= 15 is 0 Å². The summed E-state index contributed by atoms with van der Waals surface area (Å²) in [5.41, 5.74) is 24.2. The fraction of sp³-hybridized carbons (Fsp3) is 0.338. The van der Waals surface area contributed by atoms with Crippen molar-refractivity contribution in [1.29, 1.82) is 0 Å². The van der Waals surface area contributed by atoms with Crippen molar-refractivity contribution in [2.75, 3.05) is 19.6 Å². The summed E-state index contributed by atoms with van der Waals surface area (Å²) in [5.74, 6) is 0. The molecule has 2 aliphatic carbocycles. The first-order chi connectivity index (χ1) is 36.9. The van der Waals surface area contributed by atoms with Crippen LogP contribution in [0.4, 0.5) is 56.9 Å². The van der Waals surface area contributed by atoms with E-state index in [1.807, 2.05) is 12.3 Å². The zero-order valence-electron chi connectivity index (χ0n) is 47.1. The normalized spacial score (nSPS) is 23.9. The SMILES string of the molecule is CC(C)(C)c1ccc(N2c3cc(N4c5ccc(-c6ccccn6)cc5C5(C)CCCCC45C)ccc3B3c4ccccc4N(c4ccccc4)c4cc(N5c6ccc(C(C)(C)C)cc6C6(C)CCCCC56C)cc2c43)cc1. The Morgan fingerprint density at radius 3 is 1.58 bits per heavy atom. The van der Waals surface area contributed by atoms with Gasteiger partial charge in [-0.3, -0.25) is 4.98 Å². The molecule has 5 heterocycles. The topological polar surface area (TPSA) is 25.9 Å². The summed E-state index contributed by atoms with van der Waals surface area (Å²) in [7, 11) is 0. The monoisotopic (exact) mass is 1010 g/mol. The number of rotatable bonds is 5. The number of anilines is 10. The molecule has 4 aliphatic heterocycles. The van der Waals surface area contributed by atoms with Crippen LogP contribution in [0.2, 0.25) is 0 Å². The fourth-order valence-corrected chi connectivity index (χ4v) is 15.9. The predicted molar refractivity (Wildman–Crippen MR) is 327 cm³/mol. The molecule has 14 rings (SSSR count). The highest BCUT2D eigenvalue weighted by molar-refractivity contribution is 7.00. The lowest BCUT2D eigenvalue weighted by Gasteiger charge is -2.51. The van der Waals surface area contributed by atoms with E-state index in [4.69, 9.17) is 4.98 Å². The Kier molecular flexibility index (Phi) is 10.5. The molecule has 2 fully saturated rings. The van der Waals surface area contributed by atoms with E-state index in [0.29, 0.717) is 0 Å². The van der Waals surface area contributed by atoms with E-state index in [-0.39, 0.29) is 39.5 Å². The maximum absolute atomic E-state index is 4.84. The molecule has 0 N–H and O–H groups in total. The number of aromatic nitrogens is 1. The summed E-state index contributed by atoms with van der Waals surface area (Å²) in [6, 6.07) is 63.8. The average molecular weight is 1010 g/mol. The van der Waals surface area contributed by atoms with Gasteiger partial charge < -0.3 is 19.6 Å². The molecule has 2 saturated carbocycles. The fourth-order valence-electron chi connectivity index (χ4n) is 15.9. The number of hydrogen-bond donors (Lipinski definition) is 0. The van der Waals surface area contributed by atoms with E-state index in [9.17, 15) is 0 Å². The van der Waals surface area contributed by atoms with Crippen molar-refractivity contribution < 1.29 is 0 Å². The zero-order chi connectivity index (χ0) is 53.0. The number of para-hydroxylation sites is 2. The molecule has 7 aromatic carbocycles. The third-order valence-electron chi connectivity index (χ3n) is 20.5. The second-order valence-electron chi connectivity index (χ2n) is 26.7. The summed E-state index contributed by atoms with van der Waals surface area (Å²) in [6.45, 7) is 24.4. The quantitative estimate of drug-likeness (QED) is 0.160. The lowest BCUT2D eigenvalue weighted by molar-refractivity contribution is 0.195. The molecule has 0 radical (unpaired) electrons. The smallest absolute Gasteiger partial charge is 0.252 e. The second kappa shape index (κ2) is 16.7. The summed E-state index contributed by atoms with van der Waals surface area (Å²) < 4.78 is 0. The van der Waals surface area contributed by atoms with Crippen LogP contribution in [0.1, 0.15) is 143 Å². The molecule has 5 nitrogen and oxygen atoms in total. The number of benzene rings is 7. The van der Waals surface area contributed by atoms with Crippen LogP contribution in [-0.4, -0.2) is 22.8 Å². The van der Waals surface area contributed by atoms with Crippen LogP contribution in [0.3, 0.4) is 0 Å². The molecule has 0 amide bonds. The van der Waals surface area contributed by atoms with Gasteiger partial charge in [-0.2, -0.15) is 0 Å². The van der Waals surface area contributed by atoms with Crippen molar-refractivity contribution in [1.82, 2.24) is 4.98 Å². The van der Waals surface area contributed by atoms with Gasteiger partial charge in [-0.15, -0.1) is 0 Å². The van der Waals surface area contributed by atoms with Crippen LogP contribution in [0.5, 0.6) is 0 Å². The molecule has 6 heteroatoms. The minimum Gasteiger partial charge on any atom is -0.334 e. The van der Waals surface area contributed by atoms with Crippen molar-refractivity contribution >= 4 is 80.0 Å². The van der Waals surface area contributed by atoms with Gasteiger partial charge in [0, 0.05) is 79.5 Å². The lowest BCUT2D eigenvalue weighted by atomic mass is 9.33. The van der Waals surface area contributed by atoms with Crippen molar-refractivity contribution in [3.63, 3.8) is 0 Å². The van der Waals surface area contributed by atoms with Crippen LogP contribution < -0.4 is 36.0 Å². The van der Waals surface area contributed by atoms with Gasteiger partial charge in [0.25, 0.3) is 6.71 Å². The molecule has 4 atom stereocenters. The van der Waals surface area contributed by atoms with Crippen molar-refractivity contribution in [2.24, 2.45) is 0 Å². The maximum Gasteiger partial charge on any atom is 0.252 e. The Hall–Kier alpha value is -7.05. The molecule has 4 unspecified atom stereocenters. The van der Waals surface area contributed by atoms with Crippen molar-refractivity contribution in [3.8, 4) is 11.3 Å². The first-order valence-electron chi connectivity index (χ1n) is 28.9. The van der Waals surface area contributed by atoms with Gasteiger partial charge in [-0.25, -0.2) is 0 Å². The number of hydrogen-bond acceptors (Lipinski definition) is 5. The first-order valence-corrected chi connectivity index (χ1v) is 28.9. The van der Waals surface area contributed by atoms with Crippen molar-refractivity contribution in [3.05, 3.63) is 192 Å². The van der Waals surface area contributed by atoms with E-state index < -0.39 is 0 Å². The van der Waals surface area contributed by atoms with Gasteiger partial charge in [-0.1, -0.05) is 160 Å². The van der Waals surface area contributed by atoms with E-state index in [1.165, 1.54) is 133 Å². The molecule has 77 heavy (non-hydrogen) atoms. The van der Waals surface area contributed by atoms with Crippen LogP contribution in [-0.2, 0) is 21.7 Å². The minimum atomic E-state index is -0.144. The Labute approximate surface area is 459 Å². The highest BCUT2D eigenvalue weighted by atomic mass is 15.3. The van der Waals surface area contributed by atoms with Gasteiger partial charge in [0.15, 0.2) is 0 Å². The van der Waals surface area contributed by atoms with E-state index in [2.05, 4.69) is 247 Å². The molecule has 1 aromatic heterocycles. The minimum absolute atomic E-state index is 0.00238. The van der Waals surface area contributed by atoms with E-state index in [0.717, 1.165) is 25.0 Å². The number of nitrogens with zero attached hydrogens (tertiary/aromatic N) is 5. The highest BCUT2D eigenvalue weighted by Crippen LogP contribution is 2.64. The van der Waals surface area contributed by atoms with Crippen molar-refractivity contribution in [2.45, 2.75) is 153 Å². The number of pyridine rings is 1. The Balaban J connectivity index is 1.05. The molecule has 6 aliphatic rings. The van der Waals surface area contributed by atoms with Gasteiger partial charge in [0.1, 0.15) is 0 Å². The molecule has 0 bridgehead atoms. The highest BCUT2D eigenvalue weighted by Gasteiger charge is 2.60. The maximum atomic E-state index is 4.84. The summed E-state index contributed by atoms with van der Waals surface area (Å²) >= 11 is 0. The number of fused-ring (bicyclic) bond motifs is 10. The third-order valence-corrected chi connectivity index (χ3v) is 20.5. The molecule has 386 valence electrons. The predicted octanol–water partition coefficient (Wildman–Crippen LogP) is 16.9. The summed E-state index contributed by atoms with van der Waals surface area (Å²) in [4.78, 5) is 15.7. The molecular formula is C71H74BN5. The molecule has 0 saturated heterocycles. The van der Waals surface area contributed by atoms with Crippen LogP contribution in [0.25, 0.3) is 11.3 Å². The average Bonchev–Trinajstić information content (AvgIpc) is 4.07. The Morgan fingerprint density at radius 1 is 0.416 bits per heavy atom. The van der Waals surface area contributed by atoms with Gasteiger partial charge in [0.05, 0.1) is 16.8 Å². The lowest BCUT2D eigenvalue weighted by Crippen LogP contribution is -2.61. The standard InChI is InChI=1S/C71H74BN5/c1-66(2,3)48-28-31-51(32-29-48)75-62-44-52(76-59-35-27-47(58-25-16-21-41-73-58)42-54(59)68(7)37-17-19-39-70(68,76)9)33-34-57(62)72-56-24-14-15-26-61(56)74(50-22-12-11-13-23-50)63-45-53(46-64(75)65(63)72)77-60-36-30-49(67(4,5)6)43-55(60)69(8)38-18-20-40-71(69,77)10/h11-16,21-36,41-46H,17-20,37-40H2,1-10H3. The van der Waals surface area contributed by atoms with Gasteiger partial charge >= 0.3 is 0 Å². The third kappa shape index (κ3) is 6.82. The van der Waals surface area contributed by atoms with E-state index in [1.54, 1.807) is 0 Å². The summed E-state index contributed by atoms with van der Waals surface area (Å²) in [5, 5.41) is 0. The van der Waals surface area contributed by atoms with Gasteiger partial charge in [-0.05, 0) is 174 Å². The molecular weight excluding hydrogens is 934 g/mol. The summed E-state index contributed by atoms with van der Waals surface area (Å²) in [6.07, 6.45) is 11.4. The van der Waals surface area contributed by atoms with Gasteiger partial charge in [0.2, 0.25) is 0 Å². The Bertz CT molecular complexity index is 3670. The first kappa shape index (κ1) is 48.3. The van der Waals surface area contributed by atoms with Crippen LogP contribution >= 0.6 is 0 Å². The van der Waals surface area contributed by atoms with Crippen LogP contribution in [0.15, 0.2) is 170 Å². The largest absolute Gasteiger partial charge is 0.334 e. The molecule has 0 spiro atoms. The molecule has 8 aromatic rings. The second-order valence-corrected chi connectivity index (χ2v) is 26.7. The Morgan fingerprint density at radius 2 is 0.935 bits per heavy atom.